The Hall–Kier alpha value is -1.14. The molecule has 1 saturated heterocycles. The number of aromatic nitrogens is 1. The molecule has 0 bridgehead atoms. The first-order chi connectivity index (χ1) is 10.3. The van der Waals surface area contributed by atoms with E-state index in [-0.39, 0.29) is 18.4 Å². The van der Waals surface area contributed by atoms with Crippen LogP contribution in [0.15, 0.2) is 12.1 Å². The molecule has 2 heterocycles. The van der Waals surface area contributed by atoms with Gasteiger partial charge in [-0.2, -0.15) is 13.2 Å². The third-order valence-electron chi connectivity index (χ3n) is 3.86. The monoisotopic (exact) mass is 316 g/mol. The van der Waals surface area contributed by atoms with Crippen molar-refractivity contribution < 1.29 is 17.9 Å². The number of hydrogen-bond acceptors (Lipinski definition) is 3. The van der Waals surface area contributed by atoms with Gasteiger partial charge in [-0.1, -0.05) is 19.9 Å². The normalized spacial score (nSPS) is 19.4. The van der Waals surface area contributed by atoms with Crippen molar-refractivity contribution in [1.82, 2.24) is 9.88 Å². The van der Waals surface area contributed by atoms with Crippen LogP contribution in [-0.4, -0.2) is 42.9 Å². The lowest BCUT2D eigenvalue weighted by molar-refractivity contribution is -0.144. The number of ether oxygens (including phenoxy) is 1. The largest absolute Gasteiger partial charge is 0.401 e. The molecule has 1 fully saturated rings. The first-order valence-electron chi connectivity index (χ1n) is 7.59. The summed E-state index contributed by atoms with van der Waals surface area (Å²) in [5.74, 6) is 0.489. The van der Waals surface area contributed by atoms with Crippen LogP contribution in [0.5, 0.6) is 0 Å². The van der Waals surface area contributed by atoms with Crippen molar-refractivity contribution in [2.75, 3.05) is 26.8 Å². The summed E-state index contributed by atoms with van der Waals surface area (Å²) < 4.78 is 43.0. The fourth-order valence-corrected chi connectivity index (χ4v) is 2.75. The molecule has 124 valence electrons. The maximum atomic E-state index is 12.5. The molecule has 3 nitrogen and oxygen atoms in total. The molecule has 2 rings (SSSR count). The summed E-state index contributed by atoms with van der Waals surface area (Å²) in [6.45, 7) is 4.66. The molecule has 1 aromatic rings. The third kappa shape index (κ3) is 4.68. The molecular formula is C16H23F3N2O. The highest BCUT2D eigenvalue weighted by atomic mass is 19.4. The van der Waals surface area contributed by atoms with Crippen LogP contribution in [0.25, 0.3) is 0 Å². The fraction of sp³-hybridized carbons (Fsp3) is 0.688. The van der Waals surface area contributed by atoms with Crippen LogP contribution in [0.4, 0.5) is 13.2 Å². The lowest BCUT2D eigenvalue weighted by atomic mass is 9.95. The summed E-state index contributed by atoms with van der Waals surface area (Å²) in [7, 11) is 1.48. The van der Waals surface area contributed by atoms with Gasteiger partial charge in [0.2, 0.25) is 0 Å². The van der Waals surface area contributed by atoms with Crippen molar-refractivity contribution in [3.8, 4) is 0 Å². The second kappa shape index (κ2) is 6.96. The Kier molecular flexibility index (Phi) is 5.45. The number of rotatable bonds is 5. The van der Waals surface area contributed by atoms with Gasteiger partial charge in [-0.05, 0) is 31.0 Å². The second-order valence-electron chi connectivity index (χ2n) is 6.27. The van der Waals surface area contributed by atoms with Crippen LogP contribution in [0, 0.1) is 0 Å². The van der Waals surface area contributed by atoms with Crippen LogP contribution in [0.3, 0.4) is 0 Å². The van der Waals surface area contributed by atoms with E-state index in [1.807, 2.05) is 26.0 Å². The van der Waals surface area contributed by atoms with Crippen molar-refractivity contribution in [2.45, 2.75) is 44.8 Å². The van der Waals surface area contributed by atoms with Gasteiger partial charge >= 0.3 is 6.18 Å². The number of nitrogens with zero attached hydrogens (tertiary/aromatic N) is 2. The smallest absolute Gasteiger partial charge is 0.381 e. The van der Waals surface area contributed by atoms with Crippen molar-refractivity contribution in [2.24, 2.45) is 0 Å². The molecule has 6 heteroatoms. The zero-order valence-electron chi connectivity index (χ0n) is 13.3. The van der Waals surface area contributed by atoms with E-state index in [1.165, 1.54) is 11.9 Å². The predicted molar refractivity (Wildman–Crippen MR) is 78.9 cm³/mol. The Labute approximate surface area is 129 Å². The first-order valence-corrected chi connectivity index (χ1v) is 7.59. The molecule has 0 amide bonds. The highest BCUT2D eigenvalue weighted by molar-refractivity contribution is 5.28. The van der Waals surface area contributed by atoms with E-state index in [1.54, 1.807) is 0 Å². The highest BCUT2D eigenvalue weighted by Crippen LogP contribution is 2.29. The standard InChI is InChI=1S/C16H23F3N2O/c1-11(2)14-5-4-13(12-6-7-22-9-12)15(20-14)8-21(3)10-16(17,18)19/h4-5,11-12H,6-10H2,1-3H3. The zero-order valence-corrected chi connectivity index (χ0v) is 13.3. The molecule has 0 aliphatic carbocycles. The van der Waals surface area contributed by atoms with Gasteiger partial charge in [0.1, 0.15) is 0 Å². The van der Waals surface area contributed by atoms with Gasteiger partial charge in [-0.25, -0.2) is 0 Å². The van der Waals surface area contributed by atoms with Gasteiger partial charge in [0, 0.05) is 24.8 Å². The molecule has 0 aromatic carbocycles. The van der Waals surface area contributed by atoms with E-state index in [0.717, 1.165) is 23.4 Å². The quantitative estimate of drug-likeness (QED) is 0.828. The molecule has 0 radical (unpaired) electrons. The summed E-state index contributed by atoms with van der Waals surface area (Å²) in [4.78, 5) is 5.89. The Morgan fingerprint density at radius 2 is 2.09 bits per heavy atom. The molecule has 0 saturated carbocycles. The van der Waals surface area contributed by atoms with Gasteiger partial charge in [0.25, 0.3) is 0 Å². The number of pyridine rings is 1. The van der Waals surface area contributed by atoms with E-state index < -0.39 is 12.7 Å². The molecule has 0 spiro atoms. The second-order valence-corrected chi connectivity index (χ2v) is 6.27. The van der Waals surface area contributed by atoms with Gasteiger partial charge in [-0.15, -0.1) is 0 Å². The minimum absolute atomic E-state index is 0.200. The maximum Gasteiger partial charge on any atom is 0.401 e. The Morgan fingerprint density at radius 3 is 2.64 bits per heavy atom. The summed E-state index contributed by atoms with van der Waals surface area (Å²) in [5, 5.41) is 0. The maximum absolute atomic E-state index is 12.5. The molecule has 1 aromatic heterocycles. The summed E-state index contributed by atoms with van der Waals surface area (Å²) in [6, 6.07) is 3.99. The topological polar surface area (TPSA) is 25.4 Å². The molecule has 0 N–H and O–H groups in total. The van der Waals surface area contributed by atoms with Crippen LogP contribution >= 0.6 is 0 Å². The molecule has 1 unspecified atom stereocenters. The molecule has 1 atom stereocenters. The lowest BCUT2D eigenvalue weighted by Crippen LogP contribution is -2.31. The van der Waals surface area contributed by atoms with Crippen LogP contribution in [0.2, 0.25) is 0 Å². The Morgan fingerprint density at radius 1 is 1.36 bits per heavy atom. The Balaban J connectivity index is 2.23. The number of alkyl halides is 3. The van der Waals surface area contributed by atoms with Gasteiger partial charge in [-0.3, -0.25) is 9.88 Å². The first kappa shape index (κ1) is 17.2. The van der Waals surface area contributed by atoms with Crippen LogP contribution in [-0.2, 0) is 11.3 Å². The Bertz CT molecular complexity index is 497. The van der Waals surface area contributed by atoms with Gasteiger partial charge in [0.05, 0.1) is 18.8 Å². The van der Waals surface area contributed by atoms with Crippen molar-refractivity contribution in [3.63, 3.8) is 0 Å². The highest BCUT2D eigenvalue weighted by Gasteiger charge is 2.30. The minimum Gasteiger partial charge on any atom is -0.381 e. The zero-order chi connectivity index (χ0) is 16.3. The number of halogens is 3. The average Bonchev–Trinajstić information content (AvgIpc) is 2.89. The van der Waals surface area contributed by atoms with Crippen molar-refractivity contribution in [3.05, 3.63) is 29.1 Å². The molecule has 1 aliphatic heterocycles. The van der Waals surface area contributed by atoms with Crippen LogP contribution in [0.1, 0.15) is 49.1 Å². The third-order valence-corrected chi connectivity index (χ3v) is 3.86. The molecule has 1 aliphatic rings. The van der Waals surface area contributed by atoms with E-state index in [2.05, 4.69) is 4.98 Å². The van der Waals surface area contributed by atoms with E-state index >= 15 is 0 Å². The van der Waals surface area contributed by atoms with E-state index in [0.29, 0.717) is 13.2 Å². The molecule has 22 heavy (non-hydrogen) atoms. The lowest BCUT2D eigenvalue weighted by Gasteiger charge is -2.22. The number of hydrogen-bond donors (Lipinski definition) is 0. The van der Waals surface area contributed by atoms with E-state index in [4.69, 9.17) is 4.74 Å². The van der Waals surface area contributed by atoms with Crippen LogP contribution < -0.4 is 0 Å². The summed E-state index contributed by atoms with van der Waals surface area (Å²) >= 11 is 0. The minimum atomic E-state index is -4.19. The summed E-state index contributed by atoms with van der Waals surface area (Å²) in [6.07, 6.45) is -3.29. The predicted octanol–water partition coefficient (Wildman–Crippen LogP) is 3.70. The van der Waals surface area contributed by atoms with Crippen molar-refractivity contribution in [1.29, 1.82) is 0 Å². The average molecular weight is 316 g/mol. The van der Waals surface area contributed by atoms with Gasteiger partial charge in [0.15, 0.2) is 0 Å². The van der Waals surface area contributed by atoms with E-state index in [9.17, 15) is 13.2 Å². The van der Waals surface area contributed by atoms with Gasteiger partial charge < -0.3 is 4.74 Å². The fourth-order valence-electron chi connectivity index (χ4n) is 2.75. The summed E-state index contributed by atoms with van der Waals surface area (Å²) in [5.41, 5.74) is 2.68. The SMILES string of the molecule is CC(C)c1ccc(C2CCOC2)c(CN(C)CC(F)(F)F)n1. The van der Waals surface area contributed by atoms with Crippen molar-refractivity contribution >= 4 is 0 Å². The molecular weight excluding hydrogens is 293 g/mol.